The Labute approximate surface area is 128 Å². The van der Waals surface area contributed by atoms with Crippen molar-refractivity contribution in [2.45, 2.75) is 56.8 Å². The molecule has 0 bridgehead atoms. The first kappa shape index (κ1) is 18.1. The smallest absolute Gasteiger partial charge is 0.240 e. The summed E-state index contributed by atoms with van der Waals surface area (Å²) in [7, 11) is -3.41. The largest absolute Gasteiger partial charge is 0.396 e. The molecule has 0 atom stereocenters. The van der Waals surface area contributed by atoms with E-state index in [0.29, 0.717) is 11.4 Å². The molecule has 0 unspecified atom stereocenters. The van der Waals surface area contributed by atoms with Gasteiger partial charge in [-0.1, -0.05) is 45.7 Å². The highest BCUT2D eigenvalue weighted by Gasteiger charge is 2.17. The van der Waals surface area contributed by atoms with Gasteiger partial charge >= 0.3 is 0 Å². The third-order valence-corrected chi connectivity index (χ3v) is 4.88. The van der Waals surface area contributed by atoms with E-state index < -0.39 is 10.0 Å². The Morgan fingerprint density at radius 3 is 2.10 bits per heavy atom. The van der Waals surface area contributed by atoms with Crippen molar-refractivity contribution in [2.75, 3.05) is 13.2 Å². The van der Waals surface area contributed by atoms with Crippen LogP contribution in [0.1, 0.15) is 52.0 Å². The zero-order valence-corrected chi connectivity index (χ0v) is 14.0. The van der Waals surface area contributed by atoms with Gasteiger partial charge < -0.3 is 5.11 Å². The Morgan fingerprint density at radius 2 is 1.57 bits per heavy atom. The SMILES string of the molecule is CC(C)(C)c1ccc(S(=O)(=O)NCCCCCCO)cc1. The zero-order chi connectivity index (χ0) is 15.9. The lowest BCUT2D eigenvalue weighted by atomic mass is 9.87. The Balaban J connectivity index is 2.54. The summed E-state index contributed by atoms with van der Waals surface area (Å²) in [6, 6.07) is 7.06. The van der Waals surface area contributed by atoms with E-state index in [9.17, 15) is 8.42 Å². The molecule has 0 aliphatic heterocycles. The number of sulfonamides is 1. The number of hydrogen-bond acceptors (Lipinski definition) is 3. The Morgan fingerprint density at radius 1 is 1.00 bits per heavy atom. The summed E-state index contributed by atoms with van der Waals surface area (Å²) in [5, 5.41) is 8.67. The summed E-state index contributed by atoms with van der Waals surface area (Å²) in [6.45, 7) is 6.93. The second-order valence-electron chi connectivity index (χ2n) is 6.31. The Kier molecular flexibility index (Phi) is 6.84. The van der Waals surface area contributed by atoms with Gasteiger partial charge in [-0.25, -0.2) is 13.1 Å². The summed E-state index contributed by atoms with van der Waals surface area (Å²) in [4.78, 5) is 0.311. The van der Waals surface area contributed by atoms with E-state index in [0.717, 1.165) is 31.2 Å². The molecule has 0 radical (unpaired) electrons. The molecule has 21 heavy (non-hydrogen) atoms. The van der Waals surface area contributed by atoms with Gasteiger partial charge in [-0.05, 0) is 36.0 Å². The van der Waals surface area contributed by atoms with E-state index in [4.69, 9.17) is 5.11 Å². The van der Waals surface area contributed by atoms with Gasteiger partial charge in [0.2, 0.25) is 10.0 Å². The minimum Gasteiger partial charge on any atom is -0.396 e. The van der Waals surface area contributed by atoms with Crippen LogP contribution in [0.25, 0.3) is 0 Å². The number of nitrogens with one attached hydrogen (secondary N) is 1. The first-order chi connectivity index (χ1) is 9.77. The molecular weight excluding hydrogens is 286 g/mol. The second kappa shape index (κ2) is 7.92. The average molecular weight is 313 g/mol. The number of benzene rings is 1. The molecule has 120 valence electrons. The molecule has 0 saturated carbocycles. The molecule has 0 spiro atoms. The van der Waals surface area contributed by atoms with Gasteiger partial charge in [0.15, 0.2) is 0 Å². The zero-order valence-electron chi connectivity index (χ0n) is 13.2. The van der Waals surface area contributed by atoms with Crippen molar-refractivity contribution in [1.29, 1.82) is 0 Å². The fourth-order valence-corrected chi connectivity index (χ4v) is 3.09. The second-order valence-corrected chi connectivity index (χ2v) is 8.08. The van der Waals surface area contributed by atoms with Gasteiger partial charge in [-0.3, -0.25) is 0 Å². The topological polar surface area (TPSA) is 66.4 Å². The number of unbranched alkanes of at least 4 members (excludes halogenated alkanes) is 3. The van der Waals surface area contributed by atoms with Crippen LogP contribution in [0, 0.1) is 0 Å². The predicted octanol–water partition coefficient (Wildman–Crippen LogP) is 2.82. The molecule has 5 heteroatoms. The molecule has 0 amide bonds. The number of aliphatic hydroxyl groups is 1. The van der Waals surface area contributed by atoms with Crippen molar-refractivity contribution in [3.8, 4) is 0 Å². The molecule has 1 aromatic carbocycles. The number of rotatable bonds is 8. The third-order valence-electron chi connectivity index (χ3n) is 3.41. The molecule has 2 N–H and O–H groups in total. The van der Waals surface area contributed by atoms with Crippen LogP contribution in [0.2, 0.25) is 0 Å². The van der Waals surface area contributed by atoms with Crippen LogP contribution in [0.5, 0.6) is 0 Å². The first-order valence-corrected chi connectivity index (χ1v) is 8.97. The maximum absolute atomic E-state index is 12.1. The number of aliphatic hydroxyl groups excluding tert-OH is 1. The molecule has 0 aromatic heterocycles. The minimum absolute atomic E-state index is 0.0163. The Bertz CT molecular complexity index is 515. The van der Waals surface area contributed by atoms with Crippen molar-refractivity contribution < 1.29 is 13.5 Å². The fraction of sp³-hybridized carbons (Fsp3) is 0.625. The lowest BCUT2D eigenvalue weighted by Gasteiger charge is -2.19. The fourth-order valence-electron chi connectivity index (χ4n) is 2.01. The molecule has 0 saturated heterocycles. The monoisotopic (exact) mass is 313 g/mol. The Hall–Kier alpha value is -0.910. The standard InChI is InChI=1S/C16H27NO3S/c1-16(2,3)14-8-10-15(11-9-14)21(19,20)17-12-6-4-5-7-13-18/h8-11,17-18H,4-7,12-13H2,1-3H3. The van der Waals surface area contributed by atoms with Gasteiger partial charge in [0.05, 0.1) is 4.90 Å². The summed E-state index contributed by atoms with van der Waals surface area (Å²) in [6.07, 6.45) is 3.42. The first-order valence-electron chi connectivity index (χ1n) is 7.48. The van der Waals surface area contributed by atoms with Gasteiger partial charge in [-0.2, -0.15) is 0 Å². The van der Waals surface area contributed by atoms with Gasteiger partial charge in [0.25, 0.3) is 0 Å². The molecule has 0 heterocycles. The maximum Gasteiger partial charge on any atom is 0.240 e. The maximum atomic E-state index is 12.1. The summed E-state index contributed by atoms with van der Waals surface area (Å²) in [5.74, 6) is 0. The van der Waals surface area contributed by atoms with Crippen LogP contribution in [-0.4, -0.2) is 26.7 Å². The van der Waals surface area contributed by atoms with Crippen LogP contribution in [0.3, 0.4) is 0 Å². The van der Waals surface area contributed by atoms with Crippen molar-refractivity contribution in [2.24, 2.45) is 0 Å². The molecule has 0 fully saturated rings. The molecular formula is C16H27NO3S. The van der Waals surface area contributed by atoms with Crippen LogP contribution in [-0.2, 0) is 15.4 Å². The van der Waals surface area contributed by atoms with E-state index in [1.54, 1.807) is 12.1 Å². The van der Waals surface area contributed by atoms with Crippen molar-refractivity contribution in [3.63, 3.8) is 0 Å². The summed E-state index contributed by atoms with van der Waals surface area (Å²) >= 11 is 0. The number of hydrogen-bond donors (Lipinski definition) is 2. The van der Waals surface area contributed by atoms with E-state index in [-0.39, 0.29) is 12.0 Å². The van der Waals surface area contributed by atoms with Crippen molar-refractivity contribution in [3.05, 3.63) is 29.8 Å². The third kappa shape index (κ3) is 6.16. The molecule has 4 nitrogen and oxygen atoms in total. The predicted molar refractivity (Wildman–Crippen MR) is 85.9 cm³/mol. The van der Waals surface area contributed by atoms with Crippen LogP contribution >= 0.6 is 0 Å². The van der Waals surface area contributed by atoms with Crippen LogP contribution < -0.4 is 4.72 Å². The van der Waals surface area contributed by atoms with E-state index in [2.05, 4.69) is 25.5 Å². The van der Waals surface area contributed by atoms with Crippen LogP contribution in [0.4, 0.5) is 0 Å². The van der Waals surface area contributed by atoms with E-state index >= 15 is 0 Å². The highest BCUT2D eigenvalue weighted by Crippen LogP contribution is 2.23. The summed E-state index contributed by atoms with van der Waals surface area (Å²) in [5.41, 5.74) is 1.13. The van der Waals surface area contributed by atoms with Crippen LogP contribution in [0.15, 0.2) is 29.2 Å². The quantitative estimate of drug-likeness (QED) is 0.725. The average Bonchev–Trinajstić information content (AvgIpc) is 2.42. The van der Waals surface area contributed by atoms with Gasteiger partial charge in [0.1, 0.15) is 0 Å². The molecule has 0 aliphatic carbocycles. The molecule has 1 rings (SSSR count). The summed E-state index contributed by atoms with van der Waals surface area (Å²) < 4.78 is 26.9. The highest BCUT2D eigenvalue weighted by atomic mass is 32.2. The highest BCUT2D eigenvalue weighted by molar-refractivity contribution is 7.89. The van der Waals surface area contributed by atoms with E-state index in [1.807, 2.05) is 12.1 Å². The van der Waals surface area contributed by atoms with Crippen molar-refractivity contribution >= 4 is 10.0 Å². The normalized spacial score (nSPS) is 12.6. The van der Waals surface area contributed by atoms with Gasteiger partial charge in [-0.15, -0.1) is 0 Å². The van der Waals surface area contributed by atoms with Crippen molar-refractivity contribution in [1.82, 2.24) is 4.72 Å². The van der Waals surface area contributed by atoms with E-state index in [1.165, 1.54) is 0 Å². The molecule has 0 aliphatic rings. The molecule has 1 aromatic rings. The lowest BCUT2D eigenvalue weighted by molar-refractivity contribution is 0.282. The lowest BCUT2D eigenvalue weighted by Crippen LogP contribution is -2.25. The minimum atomic E-state index is -3.41. The van der Waals surface area contributed by atoms with Gasteiger partial charge in [0, 0.05) is 13.2 Å².